The predicted molar refractivity (Wildman–Crippen MR) is 86.8 cm³/mol. The van der Waals surface area contributed by atoms with Crippen molar-refractivity contribution in [1.29, 1.82) is 0 Å². The molecule has 0 unspecified atom stereocenters. The fourth-order valence-corrected chi connectivity index (χ4v) is 2.20. The van der Waals surface area contributed by atoms with Crippen LogP contribution in [0.25, 0.3) is 0 Å². The highest BCUT2D eigenvalue weighted by Crippen LogP contribution is 2.14. The van der Waals surface area contributed by atoms with E-state index in [0.29, 0.717) is 6.61 Å². The summed E-state index contributed by atoms with van der Waals surface area (Å²) in [5.41, 5.74) is 0.736. The number of rotatable bonds is 9. The van der Waals surface area contributed by atoms with Crippen LogP contribution in [0.5, 0.6) is 5.75 Å². The van der Waals surface area contributed by atoms with Gasteiger partial charge >= 0.3 is 0 Å². The molecule has 0 spiro atoms. The smallest absolute Gasteiger partial charge is 0.253 e. The molecule has 0 N–H and O–H groups in total. The topological polar surface area (TPSA) is 29.5 Å². The molecule has 0 saturated heterocycles. The van der Waals surface area contributed by atoms with Crippen molar-refractivity contribution in [2.45, 2.75) is 33.1 Å². The standard InChI is InChI=1S/C16H24BrNO2/c1-3-11-18(12-4-2)16(19)14-6-8-15(9-7-14)20-13-5-10-17/h6-9H,3-5,10-13H2,1-2H3. The molecule has 0 fully saturated rings. The van der Waals surface area contributed by atoms with Crippen molar-refractivity contribution in [1.82, 2.24) is 4.90 Å². The van der Waals surface area contributed by atoms with Crippen LogP contribution in [0, 0.1) is 0 Å². The minimum atomic E-state index is 0.112. The summed E-state index contributed by atoms with van der Waals surface area (Å²) in [7, 11) is 0. The Hall–Kier alpha value is -1.03. The Balaban J connectivity index is 2.63. The molecule has 1 aromatic carbocycles. The van der Waals surface area contributed by atoms with E-state index in [4.69, 9.17) is 4.74 Å². The van der Waals surface area contributed by atoms with Crippen LogP contribution in [0.15, 0.2) is 24.3 Å². The van der Waals surface area contributed by atoms with Crippen LogP contribution in [-0.4, -0.2) is 35.8 Å². The zero-order valence-electron chi connectivity index (χ0n) is 12.4. The summed E-state index contributed by atoms with van der Waals surface area (Å²) in [4.78, 5) is 14.3. The van der Waals surface area contributed by atoms with Crippen LogP contribution in [0.3, 0.4) is 0 Å². The van der Waals surface area contributed by atoms with E-state index >= 15 is 0 Å². The Labute approximate surface area is 130 Å². The Morgan fingerprint density at radius 1 is 1.15 bits per heavy atom. The molecule has 0 aliphatic rings. The van der Waals surface area contributed by atoms with Gasteiger partial charge < -0.3 is 9.64 Å². The molecule has 112 valence electrons. The third-order valence-electron chi connectivity index (χ3n) is 2.92. The number of carbonyl (C=O) groups is 1. The maximum atomic E-state index is 12.4. The highest BCUT2D eigenvalue weighted by atomic mass is 79.9. The Bertz CT molecular complexity index is 386. The number of carbonyl (C=O) groups excluding carboxylic acids is 1. The maximum Gasteiger partial charge on any atom is 0.253 e. The first-order valence-electron chi connectivity index (χ1n) is 7.31. The van der Waals surface area contributed by atoms with E-state index in [1.165, 1.54) is 0 Å². The summed E-state index contributed by atoms with van der Waals surface area (Å²) in [5.74, 6) is 0.931. The average molecular weight is 342 g/mol. The molecule has 0 saturated carbocycles. The third-order valence-corrected chi connectivity index (χ3v) is 3.48. The highest BCUT2D eigenvalue weighted by molar-refractivity contribution is 9.09. The number of ether oxygens (including phenoxy) is 1. The fraction of sp³-hybridized carbons (Fsp3) is 0.562. The largest absolute Gasteiger partial charge is 0.494 e. The molecule has 1 amide bonds. The van der Waals surface area contributed by atoms with E-state index in [2.05, 4.69) is 29.8 Å². The minimum Gasteiger partial charge on any atom is -0.494 e. The monoisotopic (exact) mass is 341 g/mol. The summed E-state index contributed by atoms with van der Waals surface area (Å²) < 4.78 is 5.58. The van der Waals surface area contributed by atoms with Gasteiger partial charge in [0.05, 0.1) is 6.61 Å². The summed E-state index contributed by atoms with van der Waals surface area (Å²) in [5, 5.41) is 0.937. The number of hydrogen-bond donors (Lipinski definition) is 0. The van der Waals surface area contributed by atoms with Crippen LogP contribution >= 0.6 is 15.9 Å². The zero-order chi connectivity index (χ0) is 14.8. The Kier molecular flexibility index (Phi) is 8.35. The lowest BCUT2D eigenvalue weighted by molar-refractivity contribution is 0.0755. The van der Waals surface area contributed by atoms with E-state index in [-0.39, 0.29) is 5.91 Å². The van der Waals surface area contributed by atoms with E-state index in [1.54, 1.807) is 0 Å². The second-order valence-corrected chi connectivity index (χ2v) is 5.50. The number of amides is 1. The van der Waals surface area contributed by atoms with E-state index < -0.39 is 0 Å². The van der Waals surface area contributed by atoms with Gasteiger partial charge in [0.25, 0.3) is 5.91 Å². The van der Waals surface area contributed by atoms with Crippen molar-refractivity contribution in [3.05, 3.63) is 29.8 Å². The van der Waals surface area contributed by atoms with Gasteiger partial charge in [-0.15, -0.1) is 0 Å². The first-order valence-corrected chi connectivity index (χ1v) is 8.43. The van der Waals surface area contributed by atoms with Gasteiger partial charge in [-0.3, -0.25) is 4.79 Å². The molecular formula is C16H24BrNO2. The SMILES string of the molecule is CCCN(CCC)C(=O)c1ccc(OCCCBr)cc1. The van der Waals surface area contributed by atoms with Crippen molar-refractivity contribution in [3.8, 4) is 5.75 Å². The fourth-order valence-electron chi connectivity index (χ4n) is 1.98. The van der Waals surface area contributed by atoms with Crippen molar-refractivity contribution in [3.63, 3.8) is 0 Å². The number of nitrogens with zero attached hydrogens (tertiary/aromatic N) is 1. The molecule has 1 aromatic rings. The van der Waals surface area contributed by atoms with Gasteiger partial charge in [0, 0.05) is 24.0 Å². The quantitative estimate of drug-likeness (QED) is 0.499. The van der Waals surface area contributed by atoms with E-state index in [1.807, 2.05) is 29.2 Å². The van der Waals surface area contributed by atoms with Gasteiger partial charge in [-0.25, -0.2) is 0 Å². The number of benzene rings is 1. The summed E-state index contributed by atoms with van der Waals surface area (Å²) >= 11 is 3.37. The third kappa shape index (κ3) is 5.53. The van der Waals surface area contributed by atoms with Gasteiger partial charge in [0.15, 0.2) is 0 Å². The molecule has 0 aliphatic heterocycles. The lowest BCUT2D eigenvalue weighted by Crippen LogP contribution is -2.32. The summed E-state index contributed by atoms with van der Waals surface area (Å²) in [6.07, 6.45) is 2.94. The molecule has 0 atom stereocenters. The first-order chi connectivity index (χ1) is 9.72. The van der Waals surface area contributed by atoms with Crippen molar-refractivity contribution in [2.75, 3.05) is 25.0 Å². The van der Waals surface area contributed by atoms with Crippen LogP contribution in [0.1, 0.15) is 43.5 Å². The van der Waals surface area contributed by atoms with Crippen LogP contribution in [0.4, 0.5) is 0 Å². The van der Waals surface area contributed by atoms with Gasteiger partial charge in [-0.2, -0.15) is 0 Å². The second kappa shape index (κ2) is 9.81. The van der Waals surface area contributed by atoms with Crippen LogP contribution in [-0.2, 0) is 0 Å². The average Bonchev–Trinajstić information content (AvgIpc) is 2.47. The Morgan fingerprint density at radius 2 is 1.75 bits per heavy atom. The molecule has 4 heteroatoms. The van der Waals surface area contributed by atoms with Gasteiger partial charge in [0.2, 0.25) is 0 Å². The zero-order valence-corrected chi connectivity index (χ0v) is 14.0. The first kappa shape index (κ1) is 17.0. The van der Waals surface area contributed by atoms with E-state index in [9.17, 15) is 4.79 Å². The van der Waals surface area contributed by atoms with Gasteiger partial charge in [0.1, 0.15) is 5.75 Å². The normalized spacial score (nSPS) is 10.3. The van der Waals surface area contributed by atoms with Crippen molar-refractivity contribution in [2.24, 2.45) is 0 Å². The van der Waals surface area contributed by atoms with Crippen LogP contribution < -0.4 is 4.74 Å². The number of alkyl halides is 1. The minimum absolute atomic E-state index is 0.112. The predicted octanol–water partition coefficient (Wildman–Crippen LogP) is 4.11. The molecule has 0 radical (unpaired) electrons. The second-order valence-electron chi connectivity index (χ2n) is 4.71. The highest BCUT2D eigenvalue weighted by Gasteiger charge is 2.13. The van der Waals surface area contributed by atoms with Gasteiger partial charge in [-0.05, 0) is 43.5 Å². The Morgan fingerprint density at radius 3 is 2.25 bits per heavy atom. The lowest BCUT2D eigenvalue weighted by atomic mass is 10.2. The molecule has 0 bridgehead atoms. The summed E-state index contributed by atoms with van der Waals surface area (Å²) in [6.45, 7) is 6.51. The number of halogens is 1. The molecule has 3 nitrogen and oxygen atoms in total. The summed E-state index contributed by atoms with van der Waals surface area (Å²) in [6, 6.07) is 7.45. The molecule has 0 aromatic heterocycles. The van der Waals surface area contributed by atoms with Crippen molar-refractivity contribution < 1.29 is 9.53 Å². The molecule has 0 aliphatic carbocycles. The molecular weight excluding hydrogens is 318 g/mol. The van der Waals surface area contributed by atoms with Gasteiger partial charge in [-0.1, -0.05) is 29.8 Å². The van der Waals surface area contributed by atoms with Crippen LogP contribution in [0.2, 0.25) is 0 Å². The molecule has 0 heterocycles. The van der Waals surface area contributed by atoms with Crippen molar-refractivity contribution >= 4 is 21.8 Å². The lowest BCUT2D eigenvalue weighted by Gasteiger charge is -2.21. The molecule has 1 rings (SSSR count). The molecule has 20 heavy (non-hydrogen) atoms. The maximum absolute atomic E-state index is 12.4. The number of hydrogen-bond acceptors (Lipinski definition) is 2. The van der Waals surface area contributed by atoms with E-state index in [0.717, 1.165) is 49.0 Å².